The van der Waals surface area contributed by atoms with E-state index in [0.717, 1.165) is 37.1 Å². The van der Waals surface area contributed by atoms with Gasteiger partial charge in [-0.2, -0.15) is 4.98 Å². The molecule has 0 bridgehead atoms. The van der Waals surface area contributed by atoms with Crippen LogP contribution in [0.1, 0.15) is 30.8 Å². The number of amides is 2. The van der Waals surface area contributed by atoms with Gasteiger partial charge in [0.25, 0.3) is 5.89 Å². The fourth-order valence-corrected chi connectivity index (χ4v) is 3.34. The number of carbonyl (C=O) groups excluding carboxylic acids is 1. The summed E-state index contributed by atoms with van der Waals surface area (Å²) in [5.74, 6) is 1.89. The molecule has 0 aromatic carbocycles. The number of urea groups is 1. The molecule has 1 unspecified atom stereocenters. The maximum absolute atomic E-state index is 12.5. The molecular weight excluding hydrogens is 346 g/mol. The summed E-state index contributed by atoms with van der Waals surface area (Å²) in [4.78, 5) is 22.8. The van der Waals surface area contributed by atoms with E-state index in [4.69, 9.17) is 8.94 Å². The van der Waals surface area contributed by atoms with Crippen LogP contribution in [0.25, 0.3) is 11.5 Å². The van der Waals surface area contributed by atoms with Crippen LogP contribution in [0.3, 0.4) is 0 Å². The van der Waals surface area contributed by atoms with E-state index in [1.165, 1.54) is 0 Å². The Morgan fingerprint density at radius 1 is 1.30 bits per heavy atom. The first-order valence-electron chi connectivity index (χ1n) is 9.09. The molecule has 2 amide bonds. The largest absolute Gasteiger partial charge is 0.467 e. The van der Waals surface area contributed by atoms with Gasteiger partial charge in [0.2, 0.25) is 0 Å². The lowest BCUT2D eigenvalue weighted by Crippen LogP contribution is -2.42. The maximum Gasteiger partial charge on any atom is 0.318 e. The van der Waals surface area contributed by atoms with E-state index >= 15 is 0 Å². The predicted octanol–water partition coefficient (Wildman–Crippen LogP) is 3.03. The number of furan rings is 1. The van der Waals surface area contributed by atoms with Gasteiger partial charge in [-0.3, -0.25) is 4.98 Å². The zero-order chi connectivity index (χ0) is 18.5. The molecule has 140 valence electrons. The lowest BCUT2D eigenvalue weighted by molar-refractivity contribution is 0.188. The molecule has 8 nitrogen and oxygen atoms in total. The highest BCUT2D eigenvalue weighted by Crippen LogP contribution is 2.22. The number of hydrogen-bond donors (Lipinski definition) is 1. The summed E-state index contributed by atoms with van der Waals surface area (Å²) in [7, 11) is 0. The molecule has 0 saturated carbocycles. The first-order chi connectivity index (χ1) is 13.3. The molecule has 1 atom stereocenters. The molecule has 0 aliphatic carbocycles. The van der Waals surface area contributed by atoms with Crippen molar-refractivity contribution in [3.63, 3.8) is 0 Å². The molecule has 0 spiro atoms. The second-order valence-electron chi connectivity index (χ2n) is 6.52. The molecule has 4 heterocycles. The molecule has 1 aliphatic rings. The molecule has 3 aromatic heterocycles. The zero-order valence-corrected chi connectivity index (χ0v) is 14.9. The summed E-state index contributed by atoms with van der Waals surface area (Å²) in [5, 5.41) is 6.97. The van der Waals surface area contributed by atoms with Crippen molar-refractivity contribution in [3.8, 4) is 11.5 Å². The van der Waals surface area contributed by atoms with Crippen LogP contribution in [0.15, 0.2) is 51.9 Å². The fraction of sp³-hybridized carbons (Fsp3) is 0.368. The molecular formula is C19H21N5O3. The van der Waals surface area contributed by atoms with E-state index in [9.17, 15) is 4.79 Å². The molecule has 3 aromatic rings. The van der Waals surface area contributed by atoms with E-state index < -0.39 is 0 Å². The van der Waals surface area contributed by atoms with Crippen LogP contribution in [-0.4, -0.2) is 38.6 Å². The Kier molecular flexibility index (Phi) is 5.13. The molecule has 4 rings (SSSR count). The Morgan fingerprint density at radius 3 is 3.00 bits per heavy atom. The van der Waals surface area contributed by atoms with Gasteiger partial charge in [-0.1, -0.05) is 5.16 Å². The summed E-state index contributed by atoms with van der Waals surface area (Å²) in [6.07, 6.45) is 8.46. The number of aromatic nitrogens is 3. The number of likely N-dealkylation sites (tertiary alicyclic amines) is 1. The minimum absolute atomic E-state index is 0.0560. The minimum atomic E-state index is -0.0560. The van der Waals surface area contributed by atoms with Gasteiger partial charge in [-0.25, -0.2) is 4.79 Å². The van der Waals surface area contributed by atoms with Crippen LogP contribution in [-0.2, 0) is 13.0 Å². The highest BCUT2D eigenvalue weighted by atomic mass is 16.5. The number of rotatable bonds is 6. The van der Waals surface area contributed by atoms with Gasteiger partial charge in [0, 0.05) is 37.0 Å². The molecule has 8 heteroatoms. The predicted molar refractivity (Wildman–Crippen MR) is 96.5 cm³/mol. The smallest absolute Gasteiger partial charge is 0.318 e. The standard InChI is InChI=1S/C19H21N5O3/c25-19(21-13-16-4-2-12-26-16)24-11-1-3-15(24)5-6-17-22-18(27-23-17)14-7-9-20-10-8-14/h2,4,7-10,12,15H,1,3,5-6,11,13H2,(H,21,25). The Balaban J connectivity index is 1.31. The van der Waals surface area contributed by atoms with E-state index in [-0.39, 0.29) is 12.1 Å². The highest BCUT2D eigenvalue weighted by Gasteiger charge is 2.28. The third-order valence-corrected chi connectivity index (χ3v) is 4.73. The van der Waals surface area contributed by atoms with Crippen molar-refractivity contribution >= 4 is 6.03 Å². The Bertz CT molecular complexity index is 863. The monoisotopic (exact) mass is 367 g/mol. The molecule has 27 heavy (non-hydrogen) atoms. The van der Waals surface area contributed by atoms with Crippen molar-refractivity contribution in [2.24, 2.45) is 0 Å². The third kappa shape index (κ3) is 4.16. The van der Waals surface area contributed by atoms with Crippen molar-refractivity contribution in [2.45, 2.75) is 38.3 Å². The highest BCUT2D eigenvalue weighted by molar-refractivity contribution is 5.74. The van der Waals surface area contributed by atoms with Gasteiger partial charge in [0.15, 0.2) is 5.82 Å². The van der Waals surface area contributed by atoms with E-state index in [1.807, 2.05) is 29.2 Å². The van der Waals surface area contributed by atoms with Crippen LogP contribution in [0.2, 0.25) is 0 Å². The maximum atomic E-state index is 12.5. The van der Waals surface area contributed by atoms with Crippen molar-refractivity contribution in [1.82, 2.24) is 25.3 Å². The molecule has 1 saturated heterocycles. The first-order valence-corrected chi connectivity index (χ1v) is 9.09. The average molecular weight is 367 g/mol. The van der Waals surface area contributed by atoms with Gasteiger partial charge in [-0.15, -0.1) is 0 Å². The number of nitrogens with zero attached hydrogens (tertiary/aromatic N) is 4. The minimum Gasteiger partial charge on any atom is -0.467 e. The van der Waals surface area contributed by atoms with Crippen molar-refractivity contribution in [3.05, 3.63) is 54.5 Å². The summed E-state index contributed by atoms with van der Waals surface area (Å²) < 4.78 is 10.6. The number of aryl methyl sites for hydroxylation is 1. The summed E-state index contributed by atoms with van der Waals surface area (Å²) in [6.45, 7) is 1.17. The molecule has 1 aliphatic heterocycles. The summed E-state index contributed by atoms with van der Waals surface area (Å²) in [5.41, 5.74) is 0.851. The van der Waals surface area contributed by atoms with Crippen LogP contribution in [0.4, 0.5) is 4.79 Å². The van der Waals surface area contributed by atoms with Gasteiger partial charge < -0.3 is 19.2 Å². The second kappa shape index (κ2) is 8.03. The SMILES string of the molecule is O=C(NCc1ccco1)N1CCCC1CCc1noc(-c2ccncc2)n1. The zero-order valence-electron chi connectivity index (χ0n) is 14.9. The lowest BCUT2D eigenvalue weighted by Gasteiger charge is -2.24. The average Bonchev–Trinajstić information content (AvgIpc) is 3.47. The van der Waals surface area contributed by atoms with Gasteiger partial charge in [0.05, 0.1) is 12.8 Å². The number of carbonyl (C=O) groups is 1. The van der Waals surface area contributed by atoms with Crippen molar-refractivity contribution < 1.29 is 13.7 Å². The topological polar surface area (TPSA) is 97.3 Å². The van der Waals surface area contributed by atoms with Gasteiger partial charge in [0.1, 0.15) is 5.76 Å². The Labute approximate surface area is 156 Å². The van der Waals surface area contributed by atoms with Gasteiger partial charge in [-0.05, 0) is 43.5 Å². The van der Waals surface area contributed by atoms with Crippen LogP contribution in [0.5, 0.6) is 0 Å². The van der Waals surface area contributed by atoms with E-state index in [1.54, 1.807) is 18.7 Å². The van der Waals surface area contributed by atoms with Crippen LogP contribution in [0, 0.1) is 0 Å². The Hall–Kier alpha value is -3.16. The van der Waals surface area contributed by atoms with Crippen LogP contribution < -0.4 is 5.32 Å². The number of nitrogens with one attached hydrogen (secondary N) is 1. The van der Waals surface area contributed by atoms with Crippen molar-refractivity contribution in [2.75, 3.05) is 6.54 Å². The second-order valence-corrected chi connectivity index (χ2v) is 6.52. The Morgan fingerprint density at radius 2 is 2.19 bits per heavy atom. The summed E-state index contributed by atoms with van der Waals surface area (Å²) >= 11 is 0. The first kappa shape index (κ1) is 17.3. The molecule has 0 radical (unpaired) electrons. The third-order valence-electron chi connectivity index (χ3n) is 4.73. The van der Waals surface area contributed by atoms with Crippen LogP contribution >= 0.6 is 0 Å². The quantitative estimate of drug-likeness (QED) is 0.719. The molecule has 1 fully saturated rings. The van der Waals surface area contributed by atoms with Gasteiger partial charge >= 0.3 is 6.03 Å². The van der Waals surface area contributed by atoms with Crippen molar-refractivity contribution in [1.29, 1.82) is 0 Å². The fourth-order valence-electron chi connectivity index (χ4n) is 3.34. The van der Waals surface area contributed by atoms with E-state index in [0.29, 0.717) is 24.7 Å². The van der Waals surface area contributed by atoms with E-state index in [2.05, 4.69) is 20.4 Å². The number of pyridine rings is 1. The lowest BCUT2D eigenvalue weighted by atomic mass is 10.1. The molecule has 1 N–H and O–H groups in total. The normalized spacial score (nSPS) is 16.6. The number of hydrogen-bond acceptors (Lipinski definition) is 6. The summed E-state index contributed by atoms with van der Waals surface area (Å²) in [6, 6.07) is 7.45.